The number of hydrogen-bond donors (Lipinski definition) is 2. The van der Waals surface area contributed by atoms with E-state index in [4.69, 9.17) is 5.11 Å². The number of H-pyrrole nitrogens is 1. The first kappa shape index (κ1) is 15.7. The van der Waals surface area contributed by atoms with Crippen molar-refractivity contribution in [1.82, 2.24) is 15.1 Å². The molecule has 0 fully saturated rings. The Bertz CT molecular complexity index is 901. The minimum Gasteiger partial charge on any atom is -0.480 e. The SMILES string of the molecule is Cc1ccccc1CN(CC(=O)O)C(=O)c1n[nH]c2ccccc12. The van der Waals surface area contributed by atoms with Gasteiger partial charge in [-0.05, 0) is 24.1 Å². The molecule has 6 heteroatoms. The van der Waals surface area contributed by atoms with Gasteiger partial charge < -0.3 is 10.0 Å². The largest absolute Gasteiger partial charge is 0.480 e. The van der Waals surface area contributed by atoms with Crippen molar-refractivity contribution in [2.75, 3.05) is 6.54 Å². The van der Waals surface area contributed by atoms with Crippen LogP contribution in [0.4, 0.5) is 0 Å². The van der Waals surface area contributed by atoms with Gasteiger partial charge in [-0.25, -0.2) is 0 Å². The van der Waals surface area contributed by atoms with Crippen LogP contribution in [0.1, 0.15) is 21.6 Å². The van der Waals surface area contributed by atoms with Crippen LogP contribution in [-0.2, 0) is 11.3 Å². The molecule has 6 nitrogen and oxygen atoms in total. The Morgan fingerprint density at radius 1 is 1.12 bits per heavy atom. The summed E-state index contributed by atoms with van der Waals surface area (Å²) in [6.07, 6.45) is 0. The Balaban J connectivity index is 1.95. The van der Waals surface area contributed by atoms with Crippen molar-refractivity contribution in [2.45, 2.75) is 13.5 Å². The Kier molecular flexibility index (Phi) is 4.29. The van der Waals surface area contributed by atoms with E-state index < -0.39 is 11.9 Å². The molecule has 122 valence electrons. The van der Waals surface area contributed by atoms with Crippen LogP contribution in [0.5, 0.6) is 0 Å². The molecule has 0 spiro atoms. The number of para-hydroxylation sites is 1. The Labute approximate surface area is 138 Å². The van der Waals surface area contributed by atoms with Gasteiger partial charge in [-0.2, -0.15) is 5.10 Å². The summed E-state index contributed by atoms with van der Waals surface area (Å²) in [5.41, 5.74) is 2.90. The number of aromatic amines is 1. The number of fused-ring (bicyclic) bond motifs is 1. The molecule has 3 rings (SSSR count). The number of carbonyl (C=O) groups is 2. The number of amides is 1. The lowest BCUT2D eigenvalue weighted by Gasteiger charge is -2.21. The quantitative estimate of drug-likeness (QED) is 0.755. The van der Waals surface area contributed by atoms with Crippen molar-refractivity contribution in [2.24, 2.45) is 0 Å². The summed E-state index contributed by atoms with van der Waals surface area (Å²) in [5.74, 6) is -1.46. The third kappa shape index (κ3) is 3.12. The summed E-state index contributed by atoms with van der Waals surface area (Å²) in [4.78, 5) is 25.4. The van der Waals surface area contributed by atoms with Gasteiger partial charge in [0.15, 0.2) is 5.69 Å². The molecule has 0 aliphatic carbocycles. The van der Waals surface area contributed by atoms with Crippen molar-refractivity contribution in [3.8, 4) is 0 Å². The summed E-state index contributed by atoms with van der Waals surface area (Å²) in [6.45, 7) is 1.77. The second-order valence-electron chi connectivity index (χ2n) is 5.60. The number of carboxylic acids is 1. The fourth-order valence-corrected chi connectivity index (χ4v) is 2.63. The number of nitrogens with zero attached hydrogens (tertiary/aromatic N) is 2. The van der Waals surface area contributed by atoms with Crippen LogP contribution in [0.3, 0.4) is 0 Å². The Morgan fingerprint density at radius 2 is 1.83 bits per heavy atom. The Hall–Kier alpha value is -3.15. The Morgan fingerprint density at radius 3 is 2.58 bits per heavy atom. The maximum Gasteiger partial charge on any atom is 0.323 e. The lowest BCUT2D eigenvalue weighted by Crippen LogP contribution is -2.35. The first-order valence-corrected chi connectivity index (χ1v) is 7.55. The molecule has 24 heavy (non-hydrogen) atoms. The van der Waals surface area contributed by atoms with Crippen LogP contribution in [0.15, 0.2) is 48.5 Å². The van der Waals surface area contributed by atoms with E-state index in [1.807, 2.05) is 49.4 Å². The fraction of sp³-hybridized carbons (Fsp3) is 0.167. The molecular weight excluding hydrogens is 306 g/mol. The highest BCUT2D eigenvalue weighted by Crippen LogP contribution is 2.19. The first-order valence-electron chi connectivity index (χ1n) is 7.55. The minimum atomic E-state index is -1.06. The van der Waals surface area contributed by atoms with E-state index in [0.717, 1.165) is 16.6 Å². The molecule has 3 aromatic rings. The van der Waals surface area contributed by atoms with Crippen molar-refractivity contribution >= 4 is 22.8 Å². The van der Waals surface area contributed by atoms with Gasteiger partial charge >= 0.3 is 5.97 Å². The van der Waals surface area contributed by atoms with E-state index in [1.165, 1.54) is 4.90 Å². The zero-order valence-electron chi connectivity index (χ0n) is 13.2. The van der Waals surface area contributed by atoms with Crippen LogP contribution in [-0.4, -0.2) is 38.6 Å². The maximum atomic E-state index is 12.9. The third-order valence-corrected chi connectivity index (χ3v) is 3.91. The van der Waals surface area contributed by atoms with Crippen molar-refractivity contribution < 1.29 is 14.7 Å². The van der Waals surface area contributed by atoms with Crippen LogP contribution < -0.4 is 0 Å². The van der Waals surface area contributed by atoms with Gasteiger partial charge in [0.25, 0.3) is 5.91 Å². The molecule has 0 bridgehead atoms. The van der Waals surface area contributed by atoms with Gasteiger partial charge in [0.1, 0.15) is 6.54 Å². The van der Waals surface area contributed by atoms with E-state index in [-0.39, 0.29) is 18.8 Å². The number of carbonyl (C=O) groups excluding carboxylic acids is 1. The predicted molar refractivity (Wildman–Crippen MR) is 89.6 cm³/mol. The molecule has 0 aliphatic rings. The highest BCUT2D eigenvalue weighted by atomic mass is 16.4. The molecule has 0 radical (unpaired) electrons. The van der Waals surface area contributed by atoms with E-state index in [1.54, 1.807) is 6.07 Å². The number of aromatic nitrogens is 2. The molecule has 0 saturated heterocycles. The number of benzene rings is 2. The summed E-state index contributed by atoms with van der Waals surface area (Å²) in [7, 11) is 0. The van der Waals surface area contributed by atoms with Gasteiger partial charge in [0, 0.05) is 11.9 Å². The number of aliphatic carboxylic acids is 1. The average molecular weight is 323 g/mol. The zero-order valence-corrected chi connectivity index (χ0v) is 13.2. The highest BCUT2D eigenvalue weighted by Gasteiger charge is 2.23. The topological polar surface area (TPSA) is 86.3 Å². The van der Waals surface area contributed by atoms with Crippen LogP contribution in [0.25, 0.3) is 10.9 Å². The molecule has 0 saturated carbocycles. The lowest BCUT2D eigenvalue weighted by molar-refractivity contribution is -0.137. The summed E-state index contributed by atoms with van der Waals surface area (Å²) in [5, 5.41) is 16.7. The van der Waals surface area contributed by atoms with Gasteiger partial charge in [-0.3, -0.25) is 14.7 Å². The number of aryl methyl sites for hydroxylation is 1. The van der Waals surface area contributed by atoms with E-state index in [2.05, 4.69) is 10.2 Å². The summed E-state index contributed by atoms with van der Waals surface area (Å²) >= 11 is 0. The van der Waals surface area contributed by atoms with Gasteiger partial charge in [0.05, 0.1) is 5.52 Å². The fourth-order valence-electron chi connectivity index (χ4n) is 2.63. The molecule has 0 atom stereocenters. The third-order valence-electron chi connectivity index (χ3n) is 3.91. The maximum absolute atomic E-state index is 12.9. The molecule has 0 unspecified atom stereocenters. The van der Waals surface area contributed by atoms with Crippen LogP contribution >= 0.6 is 0 Å². The number of rotatable bonds is 5. The number of hydrogen-bond acceptors (Lipinski definition) is 3. The first-order chi connectivity index (χ1) is 11.6. The van der Waals surface area contributed by atoms with E-state index in [9.17, 15) is 9.59 Å². The second kappa shape index (κ2) is 6.54. The lowest BCUT2D eigenvalue weighted by atomic mass is 10.1. The molecule has 0 aliphatic heterocycles. The normalized spacial score (nSPS) is 10.7. The highest BCUT2D eigenvalue weighted by molar-refractivity contribution is 6.05. The molecule has 2 aromatic carbocycles. The van der Waals surface area contributed by atoms with Crippen molar-refractivity contribution in [3.63, 3.8) is 0 Å². The van der Waals surface area contributed by atoms with E-state index >= 15 is 0 Å². The zero-order chi connectivity index (χ0) is 17.1. The smallest absolute Gasteiger partial charge is 0.323 e. The minimum absolute atomic E-state index is 0.221. The van der Waals surface area contributed by atoms with Gasteiger partial charge in [0.2, 0.25) is 0 Å². The summed E-state index contributed by atoms with van der Waals surface area (Å²) in [6, 6.07) is 14.9. The van der Waals surface area contributed by atoms with Crippen LogP contribution in [0.2, 0.25) is 0 Å². The van der Waals surface area contributed by atoms with Crippen molar-refractivity contribution in [3.05, 3.63) is 65.4 Å². The number of nitrogens with one attached hydrogen (secondary N) is 1. The molecule has 1 heterocycles. The van der Waals surface area contributed by atoms with Crippen LogP contribution in [0, 0.1) is 6.92 Å². The summed E-state index contributed by atoms with van der Waals surface area (Å²) < 4.78 is 0. The molecule has 2 N–H and O–H groups in total. The number of carboxylic acid groups (broad SMARTS) is 1. The standard InChI is InChI=1S/C18H17N3O3/c1-12-6-2-3-7-13(12)10-21(11-16(22)23)18(24)17-14-8-4-5-9-15(14)19-20-17/h2-9H,10-11H2,1H3,(H,19,20)(H,22,23). The molecule has 1 aromatic heterocycles. The van der Waals surface area contributed by atoms with Crippen molar-refractivity contribution in [1.29, 1.82) is 0 Å². The van der Waals surface area contributed by atoms with Gasteiger partial charge in [-0.1, -0.05) is 42.5 Å². The molecular formula is C18H17N3O3. The monoisotopic (exact) mass is 323 g/mol. The van der Waals surface area contributed by atoms with Gasteiger partial charge in [-0.15, -0.1) is 0 Å². The average Bonchev–Trinajstić information content (AvgIpc) is 2.99. The second-order valence-corrected chi connectivity index (χ2v) is 5.60. The van der Waals surface area contributed by atoms with E-state index in [0.29, 0.717) is 5.39 Å². The molecule has 1 amide bonds. The predicted octanol–water partition coefficient (Wildman–Crippen LogP) is 2.60.